The fourth-order valence-electron chi connectivity index (χ4n) is 5.61. The van der Waals surface area contributed by atoms with Crippen molar-refractivity contribution in [3.63, 3.8) is 0 Å². The molecule has 3 amide bonds. The number of halogens is 1. The summed E-state index contributed by atoms with van der Waals surface area (Å²) in [4.78, 5) is 45.6. The number of likely N-dealkylation sites (tertiary alicyclic amines) is 1. The number of pyridine rings is 1. The van der Waals surface area contributed by atoms with Crippen LogP contribution in [0.3, 0.4) is 0 Å². The number of ether oxygens (including phenoxy) is 2. The Morgan fingerprint density at radius 2 is 1.78 bits per heavy atom. The average Bonchev–Trinajstić information content (AvgIpc) is 3.64. The Hall–Kier alpha value is -4.06. The van der Waals surface area contributed by atoms with Crippen molar-refractivity contribution in [3.8, 4) is 0 Å². The molecule has 3 unspecified atom stereocenters. The number of benzene rings is 2. The van der Waals surface area contributed by atoms with E-state index < -0.39 is 17.6 Å². The Bertz CT molecular complexity index is 1550. The van der Waals surface area contributed by atoms with Crippen LogP contribution < -0.4 is 16.0 Å². The van der Waals surface area contributed by atoms with Crippen molar-refractivity contribution in [1.82, 2.24) is 9.88 Å². The molecule has 10 nitrogen and oxygen atoms in total. The summed E-state index contributed by atoms with van der Waals surface area (Å²) in [5, 5.41) is 8.51. The summed E-state index contributed by atoms with van der Waals surface area (Å²) in [6.45, 7) is 8.00. The second-order valence-electron chi connectivity index (χ2n) is 12.5. The van der Waals surface area contributed by atoms with Crippen LogP contribution in [-0.4, -0.2) is 65.2 Å². The van der Waals surface area contributed by atoms with Crippen LogP contribution in [-0.2, 0) is 19.1 Å². The van der Waals surface area contributed by atoms with E-state index >= 15 is 0 Å². The van der Waals surface area contributed by atoms with Crippen molar-refractivity contribution < 1.29 is 23.9 Å². The molecule has 0 spiro atoms. The van der Waals surface area contributed by atoms with Crippen LogP contribution in [0.5, 0.6) is 0 Å². The molecule has 2 aliphatic rings. The van der Waals surface area contributed by atoms with E-state index in [-0.39, 0.29) is 11.8 Å². The minimum atomic E-state index is -0.652. The lowest BCUT2D eigenvalue weighted by atomic mass is 9.96. The summed E-state index contributed by atoms with van der Waals surface area (Å²) >= 11 is 3.44. The number of nitrogens with one attached hydrogen (secondary N) is 3. The zero-order valence-electron chi connectivity index (χ0n) is 26.3. The average molecular weight is 691 g/mol. The number of hydrogen-bond acceptors (Lipinski definition) is 7. The fourth-order valence-corrected chi connectivity index (χ4v) is 5.87. The first kappa shape index (κ1) is 33.3. The van der Waals surface area contributed by atoms with Gasteiger partial charge in [0.15, 0.2) is 0 Å². The number of carbonyl (C=O) groups excluding carboxylic acids is 3. The molecule has 2 fully saturated rings. The molecule has 46 heavy (non-hydrogen) atoms. The van der Waals surface area contributed by atoms with Gasteiger partial charge in [-0.3, -0.25) is 24.8 Å². The van der Waals surface area contributed by atoms with Crippen LogP contribution in [0.15, 0.2) is 77.4 Å². The zero-order chi connectivity index (χ0) is 32.7. The van der Waals surface area contributed by atoms with E-state index in [4.69, 9.17) is 9.47 Å². The molecule has 1 aromatic heterocycles. The normalized spacial score (nSPS) is 18.3. The number of carbonyl (C=O) groups is 3. The van der Waals surface area contributed by atoms with Gasteiger partial charge in [0.2, 0.25) is 11.8 Å². The monoisotopic (exact) mass is 689 g/mol. The Balaban J connectivity index is 1.21. The largest absolute Gasteiger partial charge is 0.444 e. The zero-order valence-corrected chi connectivity index (χ0v) is 27.9. The molecule has 3 atom stereocenters. The highest BCUT2D eigenvalue weighted by molar-refractivity contribution is 9.10. The van der Waals surface area contributed by atoms with Gasteiger partial charge in [-0.1, -0.05) is 34.1 Å². The first-order chi connectivity index (χ1) is 22.0. The first-order valence-corrected chi connectivity index (χ1v) is 16.3. The molecule has 0 aliphatic carbocycles. The van der Waals surface area contributed by atoms with Crippen LogP contribution in [0.4, 0.5) is 21.9 Å². The Kier molecular flexibility index (Phi) is 10.9. The number of hydrogen-bond donors (Lipinski definition) is 3. The summed E-state index contributed by atoms with van der Waals surface area (Å²) in [7, 11) is 0. The van der Waals surface area contributed by atoms with Crippen LogP contribution in [0.1, 0.15) is 57.2 Å². The molecule has 3 N–H and O–H groups in total. The number of nitrogens with zero attached hydrogens (tertiary/aromatic N) is 2. The highest BCUT2D eigenvalue weighted by Gasteiger charge is 2.38. The number of rotatable bonds is 11. The van der Waals surface area contributed by atoms with E-state index in [9.17, 15) is 14.4 Å². The second kappa shape index (κ2) is 15.0. The molecule has 3 aromatic rings. The van der Waals surface area contributed by atoms with Crippen molar-refractivity contribution in [2.75, 3.05) is 35.6 Å². The smallest absolute Gasteiger partial charge is 0.412 e. The summed E-state index contributed by atoms with van der Waals surface area (Å²) in [6.07, 6.45) is 7.04. The molecule has 2 aliphatic heterocycles. The van der Waals surface area contributed by atoms with Crippen molar-refractivity contribution in [2.24, 2.45) is 0 Å². The summed E-state index contributed by atoms with van der Waals surface area (Å²) in [5.41, 5.74) is 2.30. The van der Waals surface area contributed by atoms with E-state index in [1.165, 1.54) is 6.08 Å². The van der Waals surface area contributed by atoms with E-state index in [0.29, 0.717) is 41.2 Å². The minimum absolute atomic E-state index is 0.109. The minimum Gasteiger partial charge on any atom is -0.444 e. The molecule has 0 radical (unpaired) electrons. The van der Waals surface area contributed by atoms with Gasteiger partial charge in [0.05, 0.1) is 35.7 Å². The quantitative estimate of drug-likeness (QED) is 0.189. The predicted molar refractivity (Wildman–Crippen MR) is 183 cm³/mol. The van der Waals surface area contributed by atoms with Crippen LogP contribution >= 0.6 is 15.9 Å². The Morgan fingerprint density at radius 3 is 2.41 bits per heavy atom. The number of aromatic nitrogens is 1. The van der Waals surface area contributed by atoms with E-state index in [1.54, 1.807) is 57.3 Å². The molecule has 242 valence electrons. The number of amides is 3. The maximum absolute atomic E-state index is 13.5. The number of fused-ring (bicyclic) bond motifs is 2. The second-order valence-corrected chi connectivity index (χ2v) is 13.5. The summed E-state index contributed by atoms with van der Waals surface area (Å²) in [5.74, 6) is -0.923. The number of anilines is 3. The lowest BCUT2D eigenvalue weighted by Gasteiger charge is -2.27. The molecule has 3 heterocycles. The van der Waals surface area contributed by atoms with Crippen LogP contribution in [0.25, 0.3) is 6.08 Å². The predicted octanol–water partition coefficient (Wildman–Crippen LogP) is 6.82. The number of para-hydroxylation sites is 2. The molecule has 0 saturated carbocycles. The van der Waals surface area contributed by atoms with Gasteiger partial charge in [-0.15, -0.1) is 0 Å². The van der Waals surface area contributed by atoms with Gasteiger partial charge in [0.1, 0.15) is 5.60 Å². The third-order valence-corrected chi connectivity index (χ3v) is 8.32. The molecule has 5 rings (SSSR count). The van der Waals surface area contributed by atoms with Crippen molar-refractivity contribution in [2.45, 2.75) is 63.7 Å². The lowest BCUT2D eigenvalue weighted by molar-refractivity contribution is -0.118. The third kappa shape index (κ3) is 9.48. The molecule has 11 heteroatoms. The number of morpholine rings is 1. The molecular weight excluding hydrogens is 650 g/mol. The van der Waals surface area contributed by atoms with Gasteiger partial charge in [0.25, 0.3) is 0 Å². The molecular formula is C35H40BrN5O5. The van der Waals surface area contributed by atoms with Gasteiger partial charge in [-0.05, 0) is 101 Å². The van der Waals surface area contributed by atoms with E-state index in [2.05, 4.69) is 41.8 Å². The standard InChI is InChI=1S/C35H40BrN5O5/c1-35(2,3)46-34(44)40-31-9-5-4-8-30(31)39-32(42)17-11-23-10-16-29(37-20-23)28(33(43)38-25-14-12-24(36)13-15-25)7-6-18-41-21-27-19-26(41)22-45-27/h4-5,8-17,20,26-28H,6-7,18-19,21-22H2,1-3H3,(H,38,43)(H,39,42)(H,40,44). The van der Waals surface area contributed by atoms with Crippen LogP contribution in [0.2, 0.25) is 0 Å². The first-order valence-electron chi connectivity index (χ1n) is 15.5. The van der Waals surface area contributed by atoms with Crippen molar-refractivity contribution >= 4 is 57.0 Å². The van der Waals surface area contributed by atoms with E-state index in [1.807, 2.05) is 36.4 Å². The van der Waals surface area contributed by atoms with Gasteiger partial charge in [-0.2, -0.15) is 0 Å². The molecule has 2 aromatic carbocycles. The fraction of sp³-hybridized carbons (Fsp3) is 0.371. The summed E-state index contributed by atoms with van der Waals surface area (Å²) in [6, 6.07) is 18.6. The molecule has 2 saturated heterocycles. The van der Waals surface area contributed by atoms with Crippen LogP contribution in [0, 0.1) is 0 Å². The van der Waals surface area contributed by atoms with Gasteiger partial charge < -0.3 is 20.1 Å². The third-order valence-electron chi connectivity index (χ3n) is 7.79. The maximum atomic E-state index is 13.5. The Labute approximate surface area is 278 Å². The highest BCUT2D eigenvalue weighted by atomic mass is 79.9. The highest BCUT2D eigenvalue weighted by Crippen LogP contribution is 2.29. The van der Waals surface area contributed by atoms with Gasteiger partial charge >= 0.3 is 6.09 Å². The van der Waals surface area contributed by atoms with Crippen molar-refractivity contribution in [3.05, 3.63) is 88.7 Å². The van der Waals surface area contributed by atoms with E-state index in [0.717, 1.165) is 42.7 Å². The summed E-state index contributed by atoms with van der Waals surface area (Å²) < 4.78 is 12.0. The topological polar surface area (TPSA) is 122 Å². The maximum Gasteiger partial charge on any atom is 0.412 e. The lowest BCUT2D eigenvalue weighted by Crippen LogP contribution is -2.37. The van der Waals surface area contributed by atoms with Gasteiger partial charge in [0, 0.05) is 35.0 Å². The Morgan fingerprint density at radius 1 is 1.04 bits per heavy atom. The van der Waals surface area contributed by atoms with Crippen molar-refractivity contribution in [1.29, 1.82) is 0 Å². The molecule has 2 bridgehead atoms. The van der Waals surface area contributed by atoms with Gasteiger partial charge in [-0.25, -0.2) is 4.79 Å². The SMILES string of the molecule is CC(C)(C)OC(=O)Nc1ccccc1NC(=O)C=Cc1ccc(C(CCCN2CC3CC2CO3)C(=O)Nc2ccc(Br)cc2)nc1.